The summed E-state index contributed by atoms with van der Waals surface area (Å²) in [5.41, 5.74) is 1.58. The molecule has 3 fully saturated rings. The highest BCUT2D eigenvalue weighted by atomic mass is 35.5. The molecule has 3 amide bonds. The zero-order valence-corrected chi connectivity index (χ0v) is 19.1. The normalized spacial score (nSPS) is 27.6. The molecule has 5 rings (SSSR count). The van der Waals surface area contributed by atoms with Gasteiger partial charge in [-0.05, 0) is 35.9 Å². The first kappa shape index (κ1) is 22.0. The van der Waals surface area contributed by atoms with Gasteiger partial charge in [-0.25, -0.2) is 4.79 Å². The highest BCUT2D eigenvalue weighted by molar-refractivity contribution is 6.31. The highest BCUT2D eigenvalue weighted by Gasteiger charge is 2.57. The average molecular weight is 472 g/mol. The molecule has 0 radical (unpaired) electrons. The van der Waals surface area contributed by atoms with Crippen LogP contribution in [0.15, 0.2) is 48.5 Å². The molecule has 2 aromatic rings. The summed E-state index contributed by atoms with van der Waals surface area (Å²) in [7, 11) is 3.29. The van der Waals surface area contributed by atoms with Crippen molar-refractivity contribution in [1.29, 1.82) is 0 Å². The standard InChI is InChI=1S/C23H26ClN5O4/c1-26-20-19(21(31)29(23(26)32)11-14-5-3-4-6-18(14)24)28-13-16(30)12-27(22(28)25-20)15-7-9-17(33-2)10-8-15/h3-10,16,19-20,22,25,30H,11-13H2,1-2H3. The molecule has 0 saturated carbocycles. The first-order valence-electron chi connectivity index (χ1n) is 10.8. The molecule has 2 aromatic carbocycles. The number of carbonyl (C=O) groups excluding carboxylic acids is 2. The average Bonchev–Trinajstić information content (AvgIpc) is 3.20. The fraction of sp³-hybridized carbons (Fsp3) is 0.391. The smallest absolute Gasteiger partial charge is 0.328 e. The van der Waals surface area contributed by atoms with Crippen LogP contribution in [0.1, 0.15) is 5.56 Å². The molecule has 0 spiro atoms. The molecule has 0 aliphatic carbocycles. The molecule has 2 N–H and O–H groups in total. The summed E-state index contributed by atoms with van der Waals surface area (Å²) in [5.74, 6) is 0.429. The van der Waals surface area contributed by atoms with Crippen molar-refractivity contribution < 1.29 is 19.4 Å². The topological polar surface area (TPSA) is 88.6 Å². The summed E-state index contributed by atoms with van der Waals surface area (Å²) in [6, 6.07) is 13.7. The van der Waals surface area contributed by atoms with Crippen LogP contribution < -0.4 is 15.0 Å². The molecule has 3 saturated heterocycles. The van der Waals surface area contributed by atoms with Gasteiger partial charge in [0.2, 0.25) is 0 Å². The number of carbonyl (C=O) groups is 2. The van der Waals surface area contributed by atoms with Crippen molar-refractivity contribution >= 4 is 29.2 Å². The fourth-order valence-corrected chi connectivity index (χ4v) is 5.11. The van der Waals surface area contributed by atoms with Gasteiger partial charge in [0.15, 0.2) is 0 Å². The number of halogens is 1. The van der Waals surface area contributed by atoms with Gasteiger partial charge < -0.3 is 19.6 Å². The van der Waals surface area contributed by atoms with E-state index in [0.29, 0.717) is 23.7 Å². The largest absolute Gasteiger partial charge is 0.497 e. The Morgan fingerprint density at radius 1 is 1.12 bits per heavy atom. The lowest BCUT2D eigenvalue weighted by atomic mass is 10.1. The second-order valence-corrected chi connectivity index (χ2v) is 8.95. The van der Waals surface area contributed by atoms with Crippen molar-refractivity contribution in [3.05, 3.63) is 59.1 Å². The summed E-state index contributed by atoms with van der Waals surface area (Å²) >= 11 is 6.29. The van der Waals surface area contributed by atoms with Gasteiger partial charge in [-0.3, -0.25) is 19.9 Å². The number of nitrogens with one attached hydrogen (secondary N) is 1. The zero-order valence-electron chi connectivity index (χ0n) is 18.4. The minimum Gasteiger partial charge on any atom is -0.497 e. The van der Waals surface area contributed by atoms with Gasteiger partial charge in [0.25, 0.3) is 5.91 Å². The molecule has 4 atom stereocenters. The highest BCUT2D eigenvalue weighted by Crippen LogP contribution is 2.34. The number of hydrogen-bond donors (Lipinski definition) is 2. The third-order valence-corrected chi connectivity index (χ3v) is 6.94. The van der Waals surface area contributed by atoms with Crippen molar-refractivity contribution in [2.75, 3.05) is 32.1 Å². The van der Waals surface area contributed by atoms with E-state index in [1.54, 1.807) is 31.2 Å². The third-order valence-electron chi connectivity index (χ3n) is 6.57. The number of anilines is 1. The second-order valence-electron chi connectivity index (χ2n) is 8.54. The van der Waals surface area contributed by atoms with E-state index in [1.165, 1.54) is 4.90 Å². The van der Waals surface area contributed by atoms with Crippen molar-refractivity contribution in [3.8, 4) is 5.75 Å². The Morgan fingerprint density at radius 2 is 1.85 bits per heavy atom. The van der Waals surface area contributed by atoms with Crippen LogP contribution in [0.25, 0.3) is 0 Å². The Balaban J connectivity index is 1.45. The number of rotatable bonds is 4. The van der Waals surface area contributed by atoms with Crippen LogP contribution in [0.5, 0.6) is 5.75 Å². The summed E-state index contributed by atoms with van der Waals surface area (Å²) in [5, 5.41) is 14.6. The van der Waals surface area contributed by atoms with Crippen molar-refractivity contribution in [3.63, 3.8) is 0 Å². The molecule has 3 aliphatic heterocycles. The number of aliphatic hydroxyl groups excluding tert-OH is 1. The Morgan fingerprint density at radius 3 is 2.55 bits per heavy atom. The molecule has 0 bridgehead atoms. The van der Waals surface area contributed by atoms with Gasteiger partial charge in [-0.1, -0.05) is 29.8 Å². The predicted molar refractivity (Wildman–Crippen MR) is 123 cm³/mol. The van der Waals surface area contributed by atoms with E-state index >= 15 is 0 Å². The molecule has 9 nitrogen and oxygen atoms in total. The number of likely N-dealkylation sites (N-methyl/N-ethyl adjacent to an activating group) is 1. The van der Waals surface area contributed by atoms with Crippen LogP contribution in [0, 0.1) is 0 Å². The molecular formula is C23H26ClN5O4. The van der Waals surface area contributed by atoms with Gasteiger partial charge >= 0.3 is 6.03 Å². The van der Waals surface area contributed by atoms with E-state index in [1.807, 2.05) is 46.2 Å². The van der Waals surface area contributed by atoms with Gasteiger partial charge in [0, 0.05) is 30.8 Å². The SMILES string of the molecule is COc1ccc(N2CC(O)CN3C4C(=O)N(Cc5ccccc5Cl)C(=O)N(C)C4NC23)cc1. The van der Waals surface area contributed by atoms with Crippen LogP contribution >= 0.6 is 11.6 Å². The number of benzene rings is 2. The number of β-amino-alcohol motifs (C(OH)–C–C–N with tert-alkyl or cyclic N) is 1. The number of fused-ring (bicyclic) bond motifs is 3. The maximum atomic E-state index is 13.6. The number of aliphatic hydroxyl groups is 1. The lowest BCUT2D eigenvalue weighted by Crippen LogP contribution is -2.66. The minimum absolute atomic E-state index is 0.0914. The van der Waals surface area contributed by atoms with Crippen LogP contribution in [-0.2, 0) is 11.3 Å². The van der Waals surface area contributed by atoms with Crippen LogP contribution in [0.4, 0.5) is 10.5 Å². The zero-order chi connectivity index (χ0) is 23.3. The maximum Gasteiger partial charge on any atom is 0.328 e. The first-order valence-corrected chi connectivity index (χ1v) is 11.2. The van der Waals surface area contributed by atoms with Gasteiger partial charge in [-0.2, -0.15) is 0 Å². The van der Waals surface area contributed by atoms with Gasteiger partial charge in [0.05, 0.1) is 19.8 Å². The van der Waals surface area contributed by atoms with Crippen molar-refractivity contribution in [2.24, 2.45) is 0 Å². The number of amides is 3. The van der Waals surface area contributed by atoms with Crippen molar-refractivity contribution in [1.82, 2.24) is 20.0 Å². The molecule has 3 heterocycles. The Bertz CT molecular complexity index is 1070. The number of methoxy groups -OCH3 is 1. The van der Waals surface area contributed by atoms with E-state index < -0.39 is 18.3 Å². The summed E-state index contributed by atoms with van der Waals surface area (Å²) in [4.78, 5) is 33.5. The van der Waals surface area contributed by atoms with Crippen LogP contribution in [-0.4, -0.2) is 83.6 Å². The third kappa shape index (κ3) is 3.71. The molecule has 0 aromatic heterocycles. The Hall–Kier alpha value is -2.85. The van der Waals surface area contributed by atoms with Gasteiger partial charge in [-0.15, -0.1) is 0 Å². The molecular weight excluding hydrogens is 446 g/mol. The van der Waals surface area contributed by atoms with Crippen LogP contribution in [0.3, 0.4) is 0 Å². The maximum absolute atomic E-state index is 13.6. The van der Waals surface area contributed by atoms with E-state index in [0.717, 1.165) is 11.4 Å². The molecule has 10 heteroatoms. The lowest BCUT2D eigenvalue weighted by molar-refractivity contribution is -0.139. The summed E-state index contributed by atoms with van der Waals surface area (Å²) in [6.45, 7) is 0.808. The second kappa shape index (κ2) is 8.49. The van der Waals surface area contributed by atoms with Gasteiger partial charge in [0.1, 0.15) is 24.2 Å². The van der Waals surface area contributed by atoms with Crippen molar-refractivity contribution in [2.45, 2.75) is 31.1 Å². The summed E-state index contributed by atoms with van der Waals surface area (Å²) < 4.78 is 5.25. The molecule has 33 heavy (non-hydrogen) atoms. The quantitative estimate of drug-likeness (QED) is 0.698. The Labute approximate surface area is 197 Å². The monoisotopic (exact) mass is 471 g/mol. The fourth-order valence-electron chi connectivity index (χ4n) is 4.91. The first-order chi connectivity index (χ1) is 15.9. The number of imide groups is 1. The van der Waals surface area contributed by atoms with E-state index in [2.05, 4.69) is 5.32 Å². The molecule has 3 aliphatic rings. The number of ether oxygens (including phenoxy) is 1. The molecule has 174 valence electrons. The number of hydrogen-bond acceptors (Lipinski definition) is 7. The predicted octanol–water partition coefficient (Wildman–Crippen LogP) is 1.51. The molecule has 4 unspecified atom stereocenters. The van der Waals surface area contributed by atoms with Crippen LogP contribution in [0.2, 0.25) is 5.02 Å². The van der Waals surface area contributed by atoms with E-state index in [-0.39, 0.29) is 24.8 Å². The van der Waals surface area contributed by atoms with E-state index in [9.17, 15) is 14.7 Å². The number of nitrogens with zero attached hydrogens (tertiary/aromatic N) is 4. The van der Waals surface area contributed by atoms with E-state index in [4.69, 9.17) is 16.3 Å². The number of urea groups is 1. The Kier molecular flexibility index (Phi) is 5.65. The lowest BCUT2D eigenvalue weighted by Gasteiger charge is -2.45. The summed E-state index contributed by atoms with van der Waals surface area (Å²) in [6.07, 6.45) is -1.52. The minimum atomic E-state index is -0.656.